The van der Waals surface area contributed by atoms with Gasteiger partial charge in [0.2, 0.25) is 0 Å². The quantitative estimate of drug-likeness (QED) is 0.346. The number of nitrogens with one attached hydrogen (secondary N) is 3. The fourth-order valence-electron chi connectivity index (χ4n) is 3.39. The first-order chi connectivity index (χ1) is 13.6. The summed E-state index contributed by atoms with van der Waals surface area (Å²) < 4.78 is 2.04. The SMILES string of the molecule is O=C(NNC(=O)c1c[nH]c(=S)n1-c1ccccc1)c1cc2c(s1)CCCCC2. The lowest BCUT2D eigenvalue weighted by atomic mass is 10.1. The first kappa shape index (κ1) is 18.6. The maximum atomic E-state index is 12.6. The Hall–Kier alpha value is -2.71. The van der Waals surface area contributed by atoms with E-state index < -0.39 is 5.91 Å². The van der Waals surface area contributed by atoms with Crippen molar-refractivity contribution in [3.63, 3.8) is 0 Å². The van der Waals surface area contributed by atoms with Gasteiger partial charge in [-0.3, -0.25) is 25.0 Å². The van der Waals surface area contributed by atoms with Gasteiger partial charge in [-0.05, 0) is 61.7 Å². The van der Waals surface area contributed by atoms with E-state index in [1.54, 1.807) is 4.57 Å². The van der Waals surface area contributed by atoms with Gasteiger partial charge < -0.3 is 4.98 Å². The number of aromatic nitrogens is 2. The number of hydrogen-bond acceptors (Lipinski definition) is 4. The lowest BCUT2D eigenvalue weighted by Crippen LogP contribution is -2.42. The molecule has 1 aromatic carbocycles. The minimum Gasteiger partial charge on any atom is -0.336 e. The summed E-state index contributed by atoms with van der Waals surface area (Å²) >= 11 is 6.81. The van der Waals surface area contributed by atoms with Gasteiger partial charge in [-0.25, -0.2) is 0 Å². The van der Waals surface area contributed by atoms with Crippen LogP contribution < -0.4 is 10.9 Å². The number of aryl methyl sites for hydroxylation is 2. The van der Waals surface area contributed by atoms with Crippen molar-refractivity contribution in [1.82, 2.24) is 20.4 Å². The number of para-hydroxylation sites is 1. The first-order valence-electron chi connectivity index (χ1n) is 9.21. The predicted molar refractivity (Wildman–Crippen MR) is 111 cm³/mol. The number of fused-ring (bicyclic) bond motifs is 1. The number of nitrogens with zero attached hydrogens (tertiary/aromatic N) is 1. The minimum absolute atomic E-state index is 0.299. The van der Waals surface area contributed by atoms with Gasteiger partial charge in [-0.2, -0.15) is 0 Å². The highest BCUT2D eigenvalue weighted by Crippen LogP contribution is 2.28. The van der Waals surface area contributed by atoms with Crippen LogP contribution in [0.5, 0.6) is 0 Å². The molecule has 2 amide bonds. The third-order valence-electron chi connectivity index (χ3n) is 4.78. The number of rotatable bonds is 3. The van der Waals surface area contributed by atoms with Crippen LogP contribution in [-0.2, 0) is 12.8 Å². The highest BCUT2D eigenvalue weighted by molar-refractivity contribution is 7.71. The largest absolute Gasteiger partial charge is 0.336 e. The highest BCUT2D eigenvalue weighted by Gasteiger charge is 2.18. The zero-order valence-corrected chi connectivity index (χ0v) is 16.8. The first-order valence-corrected chi connectivity index (χ1v) is 10.4. The minimum atomic E-state index is -0.442. The highest BCUT2D eigenvalue weighted by atomic mass is 32.1. The molecule has 4 rings (SSSR count). The molecule has 1 aliphatic rings. The number of imidazole rings is 1. The van der Waals surface area contributed by atoms with Gasteiger partial charge in [0.25, 0.3) is 11.8 Å². The third-order valence-corrected chi connectivity index (χ3v) is 6.32. The molecule has 0 atom stereocenters. The van der Waals surface area contributed by atoms with Crippen molar-refractivity contribution in [2.75, 3.05) is 0 Å². The maximum absolute atomic E-state index is 12.6. The van der Waals surface area contributed by atoms with E-state index in [1.165, 1.54) is 40.8 Å². The molecule has 0 spiro atoms. The second-order valence-electron chi connectivity index (χ2n) is 6.68. The van der Waals surface area contributed by atoms with E-state index in [2.05, 4.69) is 15.8 Å². The van der Waals surface area contributed by atoms with E-state index in [-0.39, 0.29) is 5.91 Å². The Morgan fingerprint density at radius 1 is 1.04 bits per heavy atom. The van der Waals surface area contributed by atoms with Crippen LogP contribution in [0.25, 0.3) is 5.69 Å². The number of thiophene rings is 1. The maximum Gasteiger partial charge on any atom is 0.288 e. The van der Waals surface area contributed by atoms with E-state index >= 15 is 0 Å². The summed E-state index contributed by atoms with van der Waals surface area (Å²) in [6, 6.07) is 11.3. The Kier molecular flexibility index (Phi) is 5.40. The molecule has 8 heteroatoms. The van der Waals surface area contributed by atoms with Gasteiger partial charge in [0, 0.05) is 16.8 Å². The number of H-pyrrole nitrogens is 1. The molecule has 0 saturated heterocycles. The second-order valence-corrected chi connectivity index (χ2v) is 8.20. The van der Waals surface area contributed by atoms with Crippen LogP contribution >= 0.6 is 23.6 Å². The molecular weight excluding hydrogens is 392 g/mol. The summed E-state index contributed by atoms with van der Waals surface area (Å²) in [4.78, 5) is 29.9. The van der Waals surface area contributed by atoms with Crippen LogP contribution in [-0.4, -0.2) is 21.4 Å². The molecule has 144 valence electrons. The molecule has 0 saturated carbocycles. The van der Waals surface area contributed by atoms with Crippen LogP contribution in [0.15, 0.2) is 42.6 Å². The Bertz CT molecular complexity index is 1040. The summed E-state index contributed by atoms with van der Waals surface area (Å²) in [5.41, 5.74) is 7.37. The molecule has 0 fully saturated rings. The monoisotopic (exact) mass is 412 g/mol. The van der Waals surface area contributed by atoms with Crippen molar-refractivity contribution in [2.24, 2.45) is 0 Å². The standard InChI is InChI=1S/C20H20N4O2S2/c25-18(15-12-21-20(27)24(15)14-8-4-2-5-9-14)22-23-19(26)17-11-13-7-3-1-6-10-16(13)28-17/h2,4-5,8-9,11-12H,1,3,6-7,10H2,(H,21,27)(H,22,25)(H,23,26). The van der Waals surface area contributed by atoms with Crippen LogP contribution in [0.4, 0.5) is 0 Å². The lowest BCUT2D eigenvalue weighted by molar-refractivity contribution is 0.0845. The van der Waals surface area contributed by atoms with Gasteiger partial charge in [-0.1, -0.05) is 24.6 Å². The fraction of sp³-hybridized carbons (Fsp3) is 0.250. The van der Waals surface area contributed by atoms with Crippen molar-refractivity contribution in [1.29, 1.82) is 0 Å². The Morgan fingerprint density at radius 2 is 1.79 bits per heavy atom. The van der Waals surface area contributed by atoms with E-state index in [0.29, 0.717) is 15.3 Å². The number of hydrazine groups is 1. The smallest absolute Gasteiger partial charge is 0.288 e. The molecule has 2 heterocycles. The molecule has 3 N–H and O–H groups in total. The predicted octanol–water partition coefficient (Wildman–Crippen LogP) is 3.94. The number of carbonyl (C=O) groups is 2. The van der Waals surface area contributed by atoms with Gasteiger partial charge in [0.15, 0.2) is 4.77 Å². The molecule has 6 nitrogen and oxygen atoms in total. The van der Waals surface area contributed by atoms with Gasteiger partial charge >= 0.3 is 0 Å². The number of hydrogen-bond donors (Lipinski definition) is 3. The number of benzene rings is 1. The third kappa shape index (κ3) is 3.79. The van der Waals surface area contributed by atoms with E-state index in [4.69, 9.17) is 12.2 Å². The van der Waals surface area contributed by atoms with Crippen molar-refractivity contribution in [3.8, 4) is 5.69 Å². The molecule has 2 aromatic heterocycles. The lowest BCUT2D eigenvalue weighted by Gasteiger charge is -2.09. The molecule has 0 unspecified atom stereocenters. The molecule has 3 aromatic rings. The van der Waals surface area contributed by atoms with E-state index in [0.717, 1.165) is 24.9 Å². The zero-order chi connectivity index (χ0) is 19.5. The summed E-state index contributed by atoms with van der Waals surface area (Å²) in [6.45, 7) is 0. The topological polar surface area (TPSA) is 78.9 Å². The molecule has 0 radical (unpaired) electrons. The molecule has 1 aliphatic carbocycles. The van der Waals surface area contributed by atoms with Crippen molar-refractivity contribution < 1.29 is 9.59 Å². The number of amides is 2. The van der Waals surface area contributed by atoms with Crippen molar-refractivity contribution in [2.45, 2.75) is 32.1 Å². The second kappa shape index (κ2) is 8.12. The van der Waals surface area contributed by atoms with Crippen LogP contribution in [0, 0.1) is 4.77 Å². The van der Waals surface area contributed by atoms with Crippen LogP contribution in [0.3, 0.4) is 0 Å². The van der Waals surface area contributed by atoms with Gasteiger partial charge in [0.05, 0.1) is 4.88 Å². The summed E-state index contributed by atoms with van der Waals surface area (Å²) in [5, 5.41) is 0. The summed E-state index contributed by atoms with van der Waals surface area (Å²) in [5.74, 6) is -0.741. The van der Waals surface area contributed by atoms with Gasteiger partial charge in [-0.15, -0.1) is 11.3 Å². The normalized spacial score (nSPS) is 13.4. The van der Waals surface area contributed by atoms with E-state index in [9.17, 15) is 9.59 Å². The Labute approximate surface area is 171 Å². The molecule has 0 bridgehead atoms. The van der Waals surface area contributed by atoms with Crippen molar-refractivity contribution in [3.05, 3.63) is 68.4 Å². The molecule has 0 aliphatic heterocycles. The average Bonchev–Trinajstić information content (AvgIpc) is 3.23. The zero-order valence-electron chi connectivity index (χ0n) is 15.2. The fourth-order valence-corrected chi connectivity index (χ4v) is 4.80. The van der Waals surface area contributed by atoms with Crippen LogP contribution in [0.2, 0.25) is 0 Å². The van der Waals surface area contributed by atoms with Crippen LogP contribution in [0.1, 0.15) is 49.9 Å². The molecular formula is C20H20N4O2S2. The average molecular weight is 413 g/mol. The summed E-state index contributed by atoms with van der Waals surface area (Å²) in [7, 11) is 0. The van der Waals surface area contributed by atoms with E-state index in [1.807, 2.05) is 36.4 Å². The number of carbonyl (C=O) groups excluding carboxylic acids is 2. The Balaban J connectivity index is 1.47. The van der Waals surface area contributed by atoms with Gasteiger partial charge in [0.1, 0.15) is 5.69 Å². The Morgan fingerprint density at radius 3 is 2.61 bits per heavy atom. The summed E-state index contributed by atoms with van der Waals surface area (Å²) in [6.07, 6.45) is 7.15. The number of aromatic amines is 1. The molecule has 28 heavy (non-hydrogen) atoms. The van der Waals surface area contributed by atoms with Crippen molar-refractivity contribution >= 4 is 35.4 Å².